The van der Waals surface area contributed by atoms with Crippen LogP contribution in [-0.4, -0.2) is 24.0 Å². The third kappa shape index (κ3) is 2.15. The quantitative estimate of drug-likeness (QED) is 0.793. The molecule has 0 saturated heterocycles. The molecule has 0 atom stereocenters. The fourth-order valence-electron chi connectivity index (χ4n) is 1.55. The average Bonchev–Trinajstić information content (AvgIpc) is 2.88. The number of nitrogens with zero attached hydrogens (tertiary/aromatic N) is 3. The van der Waals surface area contributed by atoms with Crippen LogP contribution in [0.25, 0.3) is 0 Å². The molecule has 0 bridgehead atoms. The van der Waals surface area contributed by atoms with Crippen molar-refractivity contribution in [3.63, 3.8) is 0 Å². The number of hydrogen-bond acceptors (Lipinski definition) is 5. The Morgan fingerprint density at radius 3 is 2.63 bits per heavy atom. The van der Waals surface area contributed by atoms with Gasteiger partial charge in [0.2, 0.25) is 0 Å². The lowest BCUT2D eigenvalue weighted by molar-refractivity contribution is 0.538. The zero-order valence-corrected chi connectivity index (χ0v) is 11.7. The fraction of sp³-hybridized carbons (Fsp3) is 0.200. The van der Waals surface area contributed by atoms with Crippen molar-refractivity contribution in [1.82, 2.24) is 8.54 Å². The summed E-state index contributed by atoms with van der Waals surface area (Å²) in [5, 5.41) is 1.56. The van der Waals surface area contributed by atoms with Crippen molar-refractivity contribution in [2.45, 2.75) is 4.21 Å². The van der Waals surface area contributed by atoms with Gasteiger partial charge in [0.05, 0.1) is 6.20 Å². The molecule has 0 aliphatic carbocycles. The molecule has 2 heterocycles. The van der Waals surface area contributed by atoms with Crippen molar-refractivity contribution < 1.29 is 12.8 Å². The van der Waals surface area contributed by atoms with Gasteiger partial charge in [-0.05, 0) is 11.4 Å². The summed E-state index contributed by atoms with van der Waals surface area (Å²) in [4.78, 5) is 15.6. The Hall–Kier alpha value is -1.74. The number of hydrogen-bond donors (Lipinski definition) is 0. The van der Waals surface area contributed by atoms with Gasteiger partial charge in [0.15, 0.2) is 11.3 Å². The molecule has 19 heavy (non-hydrogen) atoms. The van der Waals surface area contributed by atoms with E-state index in [0.717, 1.165) is 15.9 Å². The maximum atomic E-state index is 13.7. The van der Waals surface area contributed by atoms with Gasteiger partial charge in [-0.2, -0.15) is 12.4 Å². The third-order valence-corrected chi connectivity index (χ3v) is 5.46. The van der Waals surface area contributed by atoms with E-state index in [1.807, 2.05) is 0 Å². The number of thiophene rings is 1. The van der Waals surface area contributed by atoms with Gasteiger partial charge in [-0.25, -0.2) is 9.18 Å². The smallest absolute Gasteiger partial charge is 0.278 e. The molecule has 0 spiro atoms. The van der Waals surface area contributed by atoms with Crippen molar-refractivity contribution >= 4 is 21.4 Å². The third-order valence-electron chi connectivity index (χ3n) is 2.46. The summed E-state index contributed by atoms with van der Waals surface area (Å²) in [5.41, 5.74) is -1.09. The zero-order chi connectivity index (χ0) is 14.2. The van der Waals surface area contributed by atoms with E-state index in [4.69, 9.17) is 0 Å². The molecule has 102 valence electrons. The summed E-state index contributed by atoms with van der Waals surface area (Å²) in [6, 6.07) is 2.89. The highest BCUT2D eigenvalue weighted by Gasteiger charge is 2.22. The van der Waals surface area contributed by atoms with E-state index in [2.05, 4.69) is 4.99 Å². The lowest BCUT2D eigenvalue weighted by Gasteiger charge is -2.08. The van der Waals surface area contributed by atoms with E-state index in [1.165, 1.54) is 26.2 Å². The molecule has 9 heteroatoms. The van der Waals surface area contributed by atoms with Crippen LogP contribution in [0.5, 0.6) is 0 Å². The van der Waals surface area contributed by atoms with E-state index in [9.17, 15) is 17.6 Å². The number of aromatic nitrogens is 2. The highest BCUT2D eigenvalue weighted by molar-refractivity contribution is 7.92. The minimum atomic E-state index is -4.08. The molecule has 2 rings (SSSR count). The van der Waals surface area contributed by atoms with Gasteiger partial charge < -0.3 is 0 Å². The standard InChI is InChI=1S/C10H10FN3O3S2/c1-12-9-7(11)6-14(10(15)13(9)2)19(16,17)8-4-3-5-18-8/h3-6H,1-2H3. The molecule has 0 amide bonds. The molecule has 0 aromatic carbocycles. The molecule has 0 unspecified atom stereocenters. The molecule has 6 nitrogen and oxygen atoms in total. The molecule has 0 saturated carbocycles. The molecule has 2 aromatic heterocycles. The summed E-state index contributed by atoms with van der Waals surface area (Å²) in [6.45, 7) is 0. The maximum Gasteiger partial charge on any atom is 0.343 e. The summed E-state index contributed by atoms with van der Waals surface area (Å²) in [7, 11) is -1.50. The lowest BCUT2D eigenvalue weighted by atomic mass is 10.6. The normalized spacial score (nSPS) is 12.9. The van der Waals surface area contributed by atoms with Crippen LogP contribution in [0.2, 0.25) is 0 Å². The van der Waals surface area contributed by atoms with Crippen LogP contribution in [-0.2, 0) is 17.1 Å². The van der Waals surface area contributed by atoms with Crippen molar-refractivity contribution in [1.29, 1.82) is 0 Å². The van der Waals surface area contributed by atoms with Crippen molar-refractivity contribution in [3.8, 4) is 0 Å². The van der Waals surface area contributed by atoms with Crippen LogP contribution in [0.3, 0.4) is 0 Å². The van der Waals surface area contributed by atoms with Crippen LogP contribution in [0.4, 0.5) is 4.39 Å². The van der Waals surface area contributed by atoms with Gasteiger partial charge >= 0.3 is 5.69 Å². The zero-order valence-electron chi connectivity index (χ0n) is 10.1. The number of rotatable bonds is 2. The Kier molecular flexibility index (Phi) is 3.42. The van der Waals surface area contributed by atoms with Crippen molar-refractivity contribution in [2.75, 3.05) is 7.05 Å². The van der Waals surface area contributed by atoms with Gasteiger partial charge in [-0.3, -0.25) is 9.56 Å². The van der Waals surface area contributed by atoms with Crippen LogP contribution in [0, 0.1) is 5.82 Å². The van der Waals surface area contributed by atoms with E-state index in [1.54, 1.807) is 5.38 Å². The number of halogens is 1. The summed E-state index contributed by atoms with van der Waals surface area (Å²) >= 11 is 0.952. The Morgan fingerprint density at radius 1 is 1.42 bits per heavy atom. The van der Waals surface area contributed by atoms with Crippen LogP contribution in [0.1, 0.15) is 0 Å². The molecular weight excluding hydrogens is 293 g/mol. The Morgan fingerprint density at radius 2 is 2.11 bits per heavy atom. The van der Waals surface area contributed by atoms with Gasteiger partial charge in [0.25, 0.3) is 10.0 Å². The van der Waals surface area contributed by atoms with Crippen molar-refractivity contribution in [2.24, 2.45) is 12.0 Å². The second kappa shape index (κ2) is 4.74. The van der Waals surface area contributed by atoms with E-state index in [0.29, 0.717) is 10.2 Å². The second-order valence-electron chi connectivity index (χ2n) is 3.60. The van der Waals surface area contributed by atoms with E-state index >= 15 is 0 Å². The van der Waals surface area contributed by atoms with Gasteiger partial charge in [-0.15, -0.1) is 11.3 Å². The molecule has 0 aliphatic heterocycles. The maximum absolute atomic E-state index is 13.7. The Bertz CT molecular complexity index is 832. The lowest BCUT2D eigenvalue weighted by Crippen LogP contribution is -2.42. The SMILES string of the molecule is CN=c1c(F)cn(S(=O)(=O)c2cccs2)c(=O)n1C. The molecular formula is C10H10FN3O3S2. The Labute approximate surface area is 112 Å². The van der Waals surface area contributed by atoms with Crippen LogP contribution >= 0.6 is 11.3 Å². The first-order valence-electron chi connectivity index (χ1n) is 5.09. The predicted molar refractivity (Wildman–Crippen MR) is 68.0 cm³/mol. The van der Waals surface area contributed by atoms with Gasteiger partial charge in [-0.1, -0.05) is 6.07 Å². The molecule has 0 aliphatic rings. The Balaban J connectivity index is 2.84. The largest absolute Gasteiger partial charge is 0.343 e. The van der Waals surface area contributed by atoms with Crippen LogP contribution < -0.4 is 11.2 Å². The summed E-state index contributed by atoms with van der Waals surface area (Å²) in [5.74, 6) is -0.885. The van der Waals surface area contributed by atoms with Crippen molar-refractivity contribution in [3.05, 3.63) is 45.5 Å². The minimum absolute atomic E-state index is 0.0322. The summed E-state index contributed by atoms with van der Waals surface area (Å²) in [6.07, 6.45) is 0.639. The van der Waals surface area contributed by atoms with E-state index < -0.39 is 21.5 Å². The van der Waals surface area contributed by atoms with Gasteiger partial charge in [0.1, 0.15) is 4.21 Å². The molecule has 2 aromatic rings. The van der Waals surface area contributed by atoms with Crippen LogP contribution in [0.15, 0.2) is 37.7 Å². The highest BCUT2D eigenvalue weighted by Crippen LogP contribution is 2.17. The topological polar surface area (TPSA) is 73.4 Å². The first-order chi connectivity index (χ1) is 8.89. The molecule has 0 radical (unpaired) electrons. The average molecular weight is 303 g/mol. The summed E-state index contributed by atoms with van der Waals surface area (Å²) < 4.78 is 39.3. The molecule has 0 fully saturated rings. The second-order valence-corrected chi connectivity index (χ2v) is 6.59. The highest BCUT2D eigenvalue weighted by atomic mass is 32.2. The van der Waals surface area contributed by atoms with Gasteiger partial charge in [0, 0.05) is 14.1 Å². The predicted octanol–water partition coefficient (Wildman–Crippen LogP) is 0.155. The molecule has 0 N–H and O–H groups in total. The minimum Gasteiger partial charge on any atom is -0.278 e. The monoisotopic (exact) mass is 303 g/mol. The fourth-order valence-corrected chi connectivity index (χ4v) is 3.90. The van der Waals surface area contributed by atoms with E-state index in [-0.39, 0.29) is 9.70 Å². The first kappa shape index (κ1) is 13.7. The first-order valence-corrected chi connectivity index (χ1v) is 7.41.